The molecule has 0 atom stereocenters. The predicted octanol–water partition coefficient (Wildman–Crippen LogP) is -0.228. The molecule has 0 aromatic heterocycles. The molecule has 0 aliphatic rings. The van der Waals surface area contributed by atoms with Crippen LogP contribution in [0, 0.1) is 0 Å². The van der Waals surface area contributed by atoms with Crippen LogP contribution in [0.15, 0.2) is 0 Å². The minimum absolute atomic E-state index is 0. The molecule has 0 unspecified atom stereocenters. The van der Waals surface area contributed by atoms with Gasteiger partial charge in [0.2, 0.25) is 0 Å². The fraction of sp³-hybridized carbons (Fsp3) is 1.00. The Morgan fingerprint density at radius 1 is 1.00 bits per heavy atom. The number of hydrogen-bond acceptors (Lipinski definition) is 0. The fourth-order valence-corrected chi connectivity index (χ4v) is 0. The summed E-state index contributed by atoms with van der Waals surface area (Å²) in [7, 11) is 0. The Balaban J connectivity index is 0. The van der Waals surface area contributed by atoms with Crippen molar-refractivity contribution in [1.82, 2.24) is 6.15 Å². The standard InChI is InChI=1S/CH4.Mn.N.Si/h1H4;;;. The summed E-state index contributed by atoms with van der Waals surface area (Å²) in [5.74, 6) is 0. The molecule has 0 heterocycles. The number of nitrogens with zero attached hydrogens (tertiary/aromatic N) is 1. The number of hydrogen-bond donors (Lipinski definition) is 0. The zero-order valence-corrected chi connectivity index (χ0v) is 3.51. The molecule has 1 nitrogen and oxygen atoms in total. The molecule has 0 spiro atoms. The van der Waals surface area contributed by atoms with E-state index in [0.717, 1.165) is 0 Å². The Morgan fingerprint density at radius 2 is 1.00 bits per heavy atom. The predicted molar refractivity (Wildman–Crippen MR) is 14.6 cm³/mol. The van der Waals surface area contributed by atoms with Crippen LogP contribution in [0.1, 0.15) is 7.43 Å². The Morgan fingerprint density at radius 3 is 1.00 bits per heavy atom. The maximum Gasteiger partial charge on any atom is 0 e. The molecular weight excluding hydrogens is 109 g/mol. The Bertz CT molecular complexity index is 8.00. The Labute approximate surface area is 42.2 Å². The summed E-state index contributed by atoms with van der Waals surface area (Å²) in [6, 6.07) is 0. The van der Waals surface area contributed by atoms with Crippen LogP contribution < -0.4 is 6.15 Å². The summed E-state index contributed by atoms with van der Waals surface area (Å²) >= 11 is 0. The summed E-state index contributed by atoms with van der Waals surface area (Å²) in [5, 5.41) is 0. The van der Waals surface area contributed by atoms with Gasteiger partial charge in [0.1, 0.15) is 0 Å². The zero-order chi connectivity index (χ0) is 0. The van der Waals surface area contributed by atoms with E-state index in [1.54, 1.807) is 0 Å². The topological polar surface area (TPSA) is 30.5 Å². The van der Waals surface area contributed by atoms with Gasteiger partial charge in [0.25, 0.3) is 0 Å². The maximum absolute atomic E-state index is 0. The van der Waals surface area contributed by atoms with E-state index >= 15 is 0 Å². The van der Waals surface area contributed by atoms with E-state index in [2.05, 4.69) is 0 Å². The van der Waals surface area contributed by atoms with Crippen LogP contribution in [0.2, 0.25) is 0 Å². The van der Waals surface area contributed by atoms with Gasteiger partial charge in [0, 0.05) is 34.2 Å². The first kappa shape index (κ1) is 132. The summed E-state index contributed by atoms with van der Waals surface area (Å²) in [5.41, 5.74) is 0. The van der Waals surface area contributed by atoms with Crippen LogP contribution in [0.5, 0.6) is 0 Å². The molecule has 0 saturated heterocycles. The normalized spacial score (nSPS) is 0. The van der Waals surface area contributed by atoms with E-state index in [1.807, 2.05) is 0 Å². The molecule has 0 amide bonds. The van der Waals surface area contributed by atoms with E-state index < -0.39 is 0 Å². The van der Waals surface area contributed by atoms with Gasteiger partial charge in [-0.1, -0.05) is 7.43 Å². The van der Waals surface area contributed by atoms with E-state index in [1.165, 1.54) is 0 Å². The monoisotopic (exact) mass is 113 g/mol. The van der Waals surface area contributed by atoms with Crippen LogP contribution in [0.25, 0.3) is 0 Å². The van der Waals surface area contributed by atoms with Crippen LogP contribution >= 0.6 is 0 Å². The van der Waals surface area contributed by atoms with Crippen LogP contribution in [-0.2, 0) is 17.1 Å². The molecule has 0 fully saturated rings. The molecule has 0 N–H and O–H groups in total. The van der Waals surface area contributed by atoms with Gasteiger partial charge in [-0.05, 0) is 0 Å². The van der Waals surface area contributed by atoms with E-state index in [4.69, 9.17) is 0 Å². The van der Waals surface area contributed by atoms with Crippen LogP contribution in [0.3, 0.4) is 0 Å². The van der Waals surface area contributed by atoms with Crippen LogP contribution in [0.4, 0.5) is 0 Å². The average molecular weight is 113 g/mol. The molecule has 0 rings (SSSR count). The molecule has 8 radical (unpaired) electrons. The van der Waals surface area contributed by atoms with Crippen molar-refractivity contribution < 1.29 is 17.1 Å². The quantitative estimate of drug-likeness (QED) is 0.388. The fourth-order valence-electron chi connectivity index (χ4n) is 0. The van der Waals surface area contributed by atoms with Crippen molar-refractivity contribution in [3.05, 3.63) is 0 Å². The van der Waals surface area contributed by atoms with Gasteiger partial charge >= 0.3 is 0 Å². The van der Waals surface area contributed by atoms with Gasteiger partial charge in [-0.15, -0.1) is 0 Å². The second-order valence-electron chi connectivity index (χ2n) is 0. The van der Waals surface area contributed by atoms with Crippen molar-refractivity contribution in [2.75, 3.05) is 0 Å². The molecule has 24 valence electrons. The molecule has 0 saturated carbocycles. The molecule has 0 aromatic carbocycles. The van der Waals surface area contributed by atoms with Gasteiger partial charge in [-0.2, -0.15) is 0 Å². The van der Waals surface area contributed by atoms with Gasteiger partial charge in [-0.25, -0.2) is 0 Å². The van der Waals surface area contributed by atoms with E-state index in [0.29, 0.717) is 0 Å². The van der Waals surface area contributed by atoms with Gasteiger partial charge < -0.3 is 0 Å². The third-order valence-electron chi connectivity index (χ3n) is 0. The second-order valence-corrected chi connectivity index (χ2v) is 0. The first-order valence-electron chi connectivity index (χ1n) is 0. The summed E-state index contributed by atoms with van der Waals surface area (Å²) in [6.45, 7) is 0. The van der Waals surface area contributed by atoms with Crippen LogP contribution in [-0.4, -0.2) is 11.0 Å². The van der Waals surface area contributed by atoms with Crippen molar-refractivity contribution in [3.8, 4) is 0 Å². The SMILES string of the molecule is C.[Mn].[N].[Si]. The first-order chi connectivity index (χ1) is 0. The largest absolute Gasteiger partial charge is 0.0776 e. The molecular formula is CH4MnNSi. The molecule has 0 aliphatic carbocycles. The Hall–Kier alpha value is 0.696. The van der Waals surface area contributed by atoms with E-state index in [9.17, 15) is 0 Å². The third-order valence-corrected chi connectivity index (χ3v) is 0. The third kappa shape index (κ3) is 16.0. The minimum Gasteiger partial charge on any atom is -0.0776 e. The van der Waals surface area contributed by atoms with Crippen molar-refractivity contribution >= 4 is 11.0 Å². The van der Waals surface area contributed by atoms with Gasteiger partial charge in [0.05, 0.1) is 0 Å². The van der Waals surface area contributed by atoms with Crippen molar-refractivity contribution in [2.45, 2.75) is 7.43 Å². The second kappa shape index (κ2) is 55.4. The molecule has 3 heteroatoms. The molecule has 0 bridgehead atoms. The van der Waals surface area contributed by atoms with E-state index in [-0.39, 0.29) is 41.6 Å². The Kier molecular flexibility index (Phi) is 1830. The van der Waals surface area contributed by atoms with Crippen molar-refractivity contribution in [3.63, 3.8) is 0 Å². The first-order valence-corrected chi connectivity index (χ1v) is 0. The molecule has 4 heavy (non-hydrogen) atoms. The maximum atomic E-state index is 0. The number of rotatable bonds is 0. The van der Waals surface area contributed by atoms with Crippen molar-refractivity contribution in [2.24, 2.45) is 0 Å². The van der Waals surface area contributed by atoms with Gasteiger partial charge in [-0.3, -0.25) is 0 Å². The molecule has 0 aliphatic heterocycles. The minimum atomic E-state index is 0. The summed E-state index contributed by atoms with van der Waals surface area (Å²) < 4.78 is 0. The smallest absolute Gasteiger partial charge is 0 e. The average Bonchev–Trinajstić information content (AvgIpc) is 0. The van der Waals surface area contributed by atoms with Gasteiger partial charge in [0.15, 0.2) is 0 Å². The summed E-state index contributed by atoms with van der Waals surface area (Å²) in [6.07, 6.45) is 0. The zero-order valence-electron chi connectivity index (χ0n) is 1.33. The summed E-state index contributed by atoms with van der Waals surface area (Å²) in [4.78, 5) is 0. The van der Waals surface area contributed by atoms with Crippen molar-refractivity contribution in [1.29, 1.82) is 0 Å². The molecule has 0 aromatic rings.